The Balaban J connectivity index is 1.39. The fraction of sp³-hybridized carbons (Fsp3) is 0.944. The molecule has 0 aromatic carbocycles. The van der Waals surface area contributed by atoms with Gasteiger partial charge in [0.25, 0.3) is 0 Å². The van der Waals surface area contributed by atoms with Crippen LogP contribution >= 0.6 is 0 Å². The Bertz CT molecular complexity index is 1160. The molecule has 0 N–H and O–H groups in total. The van der Waals surface area contributed by atoms with Gasteiger partial charge < -0.3 is 23.7 Å². The molecule has 1 saturated heterocycles. The second-order valence-electron chi connectivity index (χ2n) is 17.4. The van der Waals surface area contributed by atoms with E-state index in [4.69, 9.17) is 23.7 Å². The average Bonchev–Trinajstić information content (AvgIpc) is 3.25. The minimum absolute atomic E-state index is 0.0154. The van der Waals surface area contributed by atoms with Gasteiger partial charge in [0.15, 0.2) is 0 Å². The van der Waals surface area contributed by atoms with Crippen molar-refractivity contribution in [3.63, 3.8) is 0 Å². The summed E-state index contributed by atoms with van der Waals surface area (Å²) in [6, 6.07) is 0. The van der Waals surface area contributed by atoms with E-state index in [9.17, 15) is 9.59 Å². The smallest absolute Gasteiger partial charge is 0.302 e. The van der Waals surface area contributed by atoms with Crippen LogP contribution in [0, 0.1) is 44.8 Å². The first-order valence-electron chi connectivity index (χ1n) is 17.0. The molecule has 5 aliphatic carbocycles. The number of methoxy groups -OCH3 is 2. The summed E-state index contributed by atoms with van der Waals surface area (Å²) in [4.78, 5) is 24.8. The zero-order valence-corrected chi connectivity index (χ0v) is 28.8. The normalized spacial score (nSPS) is 51.5. The summed E-state index contributed by atoms with van der Waals surface area (Å²) in [7, 11) is 3.68. The Kier molecular flexibility index (Phi) is 7.15. The van der Waals surface area contributed by atoms with Gasteiger partial charge in [-0.3, -0.25) is 9.59 Å². The van der Waals surface area contributed by atoms with Crippen LogP contribution in [0.25, 0.3) is 0 Å². The lowest BCUT2D eigenvalue weighted by molar-refractivity contribution is -0.224. The molecule has 244 valence electrons. The van der Waals surface area contributed by atoms with Crippen molar-refractivity contribution < 1.29 is 33.3 Å². The van der Waals surface area contributed by atoms with Gasteiger partial charge >= 0.3 is 11.9 Å². The molecule has 0 bridgehead atoms. The van der Waals surface area contributed by atoms with Gasteiger partial charge in [0.2, 0.25) is 0 Å². The number of carbonyl (C=O) groups excluding carboxylic acids is 2. The first-order chi connectivity index (χ1) is 19.9. The highest BCUT2D eigenvalue weighted by molar-refractivity contribution is 5.67. The minimum atomic E-state index is -0.340. The quantitative estimate of drug-likeness (QED) is 0.307. The zero-order valence-electron chi connectivity index (χ0n) is 28.8. The van der Waals surface area contributed by atoms with E-state index in [0.29, 0.717) is 5.92 Å². The van der Waals surface area contributed by atoms with Crippen molar-refractivity contribution in [2.75, 3.05) is 14.2 Å². The van der Waals surface area contributed by atoms with Gasteiger partial charge in [-0.15, -0.1) is 0 Å². The molecule has 6 aliphatic rings. The molecule has 2 spiro atoms. The van der Waals surface area contributed by atoms with Crippen molar-refractivity contribution in [3.05, 3.63) is 0 Å². The van der Waals surface area contributed by atoms with Crippen molar-refractivity contribution in [2.45, 2.75) is 156 Å². The number of esters is 2. The number of hydrogen-bond donors (Lipinski definition) is 0. The maximum Gasteiger partial charge on any atom is 0.302 e. The molecule has 1 aliphatic heterocycles. The van der Waals surface area contributed by atoms with Crippen LogP contribution in [0.3, 0.4) is 0 Å². The summed E-state index contributed by atoms with van der Waals surface area (Å²) in [6.07, 6.45) is 9.13. The Morgan fingerprint density at radius 2 is 1.47 bits per heavy atom. The lowest BCUT2D eigenvalue weighted by Crippen LogP contribution is -2.63. The lowest BCUT2D eigenvalue weighted by atomic mass is 9.41. The minimum Gasteiger partial charge on any atom is -0.462 e. The van der Waals surface area contributed by atoms with Gasteiger partial charge in [-0.25, -0.2) is 0 Å². The van der Waals surface area contributed by atoms with E-state index in [1.54, 1.807) is 14.0 Å². The average molecular weight is 603 g/mol. The molecular weight excluding hydrogens is 544 g/mol. The third kappa shape index (κ3) is 4.08. The van der Waals surface area contributed by atoms with Crippen LogP contribution < -0.4 is 0 Å². The van der Waals surface area contributed by atoms with Gasteiger partial charge in [0, 0.05) is 45.3 Å². The van der Waals surface area contributed by atoms with Crippen molar-refractivity contribution in [2.24, 2.45) is 44.8 Å². The summed E-state index contributed by atoms with van der Waals surface area (Å²) >= 11 is 0. The van der Waals surface area contributed by atoms with Crippen molar-refractivity contribution in [1.82, 2.24) is 0 Å². The second-order valence-corrected chi connectivity index (χ2v) is 17.4. The zero-order chi connectivity index (χ0) is 31.6. The lowest BCUT2D eigenvalue weighted by Gasteiger charge is -2.64. The molecule has 1 unspecified atom stereocenters. The number of fused-ring (bicyclic) bond motifs is 2. The van der Waals surface area contributed by atoms with E-state index < -0.39 is 0 Å². The molecule has 43 heavy (non-hydrogen) atoms. The van der Waals surface area contributed by atoms with Gasteiger partial charge in [-0.05, 0) is 106 Å². The highest BCUT2D eigenvalue weighted by Gasteiger charge is 2.85. The second kappa shape index (κ2) is 9.67. The summed E-state index contributed by atoms with van der Waals surface area (Å²) in [5, 5.41) is 0. The fourth-order valence-electron chi connectivity index (χ4n) is 13.1. The molecule has 0 amide bonds. The molecule has 6 rings (SSSR count). The first-order valence-corrected chi connectivity index (χ1v) is 17.0. The van der Waals surface area contributed by atoms with E-state index in [-0.39, 0.29) is 86.5 Å². The maximum absolute atomic E-state index is 12.7. The number of hydrogen-bond acceptors (Lipinski definition) is 7. The van der Waals surface area contributed by atoms with Crippen LogP contribution in [-0.2, 0) is 33.3 Å². The highest BCUT2D eigenvalue weighted by Crippen LogP contribution is 2.89. The molecule has 5 saturated carbocycles. The fourth-order valence-corrected chi connectivity index (χ4v) is 13.1. The van der Waals surface area contributed by atoms with Gasteiger partial charge in [-0.2, -0.15) is 0 Å². The summed E-state index contributed by atoms with van der Waals surface area (Å²) in [6.45, 7) is 19.3. The van der Waals surface area contributed by atoms with Crippen LogP contribution in [0.15, 0.2) is 0 Å². The molecule has 6 fully saturated rings. The highest BCUT2D eigenvalue weighted by atomic mass is 16.6. The Morgan fingerprint density at radius 1 is 0.791 bits per heavy atom. The molecule has 0 radical (unpaired) electrons. The molecule has 7 nitrogen and oxygen atoms in total. The van der Waals surface area contributed by atoms with Crippen LogP contribution in [0.2, 0.25) is 0 Å². The Labute approximate surface area is 259 Å². The van der Waals surface area contributed by atoms with Crippen molar-refractivity contribution in [3.8, 4) is 0 Å². The summed E-state index contributed by atoms with van der Waals surface area (Å²) in [5.74, 6) is 0.439. The third-order valence-corrected chi connectivity index (χ3v) is 15.1. The molecule has 1 heterocycles. The Hall–Kier alpha value is -1.18. The SMILES string of the molecule is CO[C@H]1C[C@@]2(C)[C@@H]3C[C@H](OC(C)=O)[C@H]4C(C)(C)[C@@H](OC(C)=O)CC[C@@]45CC35CC[C@]2(C)[C@H]1[C@@]1(C)CC[C@@H](C(C)(C)OC)O1. The molecule has 12 atom stereocenters. The molecule has 7 heteroatoms. The van der Waals surface area contributed by atoms with Crippen molar-refractivity contribution >= 4 is 11.9 Å². The standard InChI is InChI=1S/C36H58O7/c1-21(37)41-23-18-25-33(8)19-24(39-10)29(34(9)14-12-27(43-34)31(5,6)40-11)32(33,7)16-17-35(25)20-36(35)15-13-26(42-22(2)38)30(3,4)28(23)36/h23-29H,12-20H2,1-11H3/t23-,24-,25-,26-,27-,28-,29-,32+,33-,34+,35?,36+/m0/s1. The largest absolute Gasteiger partial charge is 0.462 e. The summed E-state index contributed by atoms with van der Waals surface area (Å²) in [5.41, 5.74) is -0.534. The van der Waals surface area contributed by atoms with E-state index >= 15 is 0 Å². The number of ether oxygens (including phenoxy) is 5. The molecule has 0 aromatic rings. The van der Waals surface area contributed by atoms with E-state index in [2.05, 4.69) is 48.5 Å². The van der Waals surface area contributed by atoms with Gasteiger partial charge in [0.05, 0.1) is 23.4 Å². The summed E-state index contributed by atoms with van der Waals surface area (Å²) < 4.78 is 31.7. The monoisotopic (exact) mass is 602 g/mol. The van der Waals surface area contributed by atoms with Crippen LogP contribution in [-0.4, -0.2) is 61.8 Å². The van der Waals surface area contributed by atoms with Gasteiger partial charge in [0.1, 0.15) is 12.2 Å². The van der Waals surface area contributed by atoms with Gasteiger partial charge in [-0.1, -0.05) is 27.7 Å². The Morgan fingerprint density at radius 3 is 2.07 bits per heavy atom. The van der Waals surface area contributed by atoms with Crippen molar-refractivity contribution in [1.29, 1.82) is 0 Å². The van der Waals surface area contributed by atoms with E-state index in [0.717, 1.165) is 44.9 Å². The van der Waals surface area contributed by atoms with E-state index in [1.165, 1.54) is 19.8 Å². The third-order valence-electron chi connectivity index (χ3n) is 15.1. The number of carbonyl (C=O) groups is 2. The maximum atomic E-state index is 12.7. The number of rotatable bonds is 6. The van der Waals surface area contributed by atoms with Crippen LogP contribution in [0.1, 0.15) is 120 Å². The first kappa shape index (κ1) is 31.8. The van der Waals surface area contributed by atoms with E-state index in [1.807, 2.05) is 7.11 Å². The molecule has 0 aromatic heterocycles. The predicted molar refractivity (Wildman–Crippen MR) is 163 cm³/mol. The van der Waals surface area contributed by atoms with Crippen LogP contribution in [0.5, 0.6) is 0 Å². The molecular formula is C36H58O7. The topological polar surface area (TPSA) is 80.3 Å². The predicted octanol–water partition coefficient (Wildman–Crippen LogP) is 6.89. The van der Waals surface area contributed by atoms with Crippen LogP contribution in [0.4, 0.5) is 0 Å².